The number of aryl methyl sites for hydroxylation is 1. The van der Waals surface area contributed by atoms with E-state index in [-0.39, 0.29) is 31.3 Å². The molecule has 0 fully saturated rings. The van der Waals surface area contributed by atoms with Crippen molar-refractivity contribution in [3.8, 4) is 0 Å². The third-order valence-electron chi connectivity index (χ3n) is 6.40. The standard InChI is InChI=1S/C32H41N3O4S/c1-25-14-12-17-27(22-25)24-34(29(31(37)33-32(2,3)4)23-26-15-8-6-9-16-26)30(36)20-13-21-35(40(5,38)39)28-18-10-7-11-19-28/h6-12,14-19,22,29H,13,20-21,23-24H2,1-5H3,(H,33,37). The highest BCUT2D eigenvalue weighted by Gasteiger charge is 2.32. The zero-order valence-electron chi connectivity index (χ0n) is 24.1. The van der Waals surface area contributed by atoms with Crippen molar-refractivity contribution in [2.45, 2.75) is 65.1 Å². The summed E-state index contributed by atoms with van der Waals surface area (Å²) in [5, 5.41) is 3.07. The Morgan fingerprint density at radius 2 is 1.48 bits per heavy atom. The van der Waals surface area contributed by atoms with Crippen LogP contribution in [0.2, 0.25) is 0 Å². The van der Waals surface area contributed by atoms with Crippen molar-refractivity contribution in [1.29, 1.82) is 0 Å². The van der Waals surface area contributed by atoms with E-state index in [2.05, 4.69) is 5.32 Å². The van der Waals surface area contributed by atoms with E-state index in [1.165, 1.54) is 10.6 Å². The number of amides is 2. The Kier molecular flexibility index (Phi) is 10.5. The number of anilines is 1. The smallest absolute Gasteiger partial charge is 0.243 e. The van der Waals surface area contributed by atoms with Crippen LogP contribution in [0.25, 0.3) is 0 Å². The van der Waals surface area contributed by atoms with Gasteiger partial charge in [-0.1, -0.05) is 78.4 Å². The molecule has 2 amide bonds. The van der Waals surface area contributed by atoms with Gasteiger partial charge < -0.3 is 10.2 Å². The van der Waals surface area contributed by atoms with Crippen molar-refractivity contribution in [2.24, 2.45) is 0 Å². The second-order valence-electron chi connectivity index (χ2n) is 11.2. The molecular formula is C32H41N3O4S. The summed E-state index contributed by atoms with van der Waals surface area (Å²) in [6.07, 6.45) is 1.93. The average Bonchev–Trinajstić information content (AvgIpc) is 2.88. The van der Waals surface area contributed by atoms with Gasteiger partial charge in [0.25, 0.3) is 0 Å². The monoisotopic (exact) mass is 563 g/mol. The summed E-state index contributed by atoms with van der Waals surface area (Å²) < 4.78 is 26.4. The van der Waals surface area contributed by atoms with Crippen LogP contribution >= 0.6 is 0 Å². The van der Waals surface area contributed by atoms with Crippen LogP contribution in [-0.2, 0) is 32.6 Å². The molecule has 1 atom stereocenters. The molecule has 0 saturated heterocycles. The minimum atomic E-state index is -3.54. The predicted molar refractivity (Wildman–Crippen MR) is 161 cm³/mol. The molecule has 0 spiro atoms. The van der Waals surface area contributed by atoms with Crippen LogP contribution in [0.3, 0.4) is 0 Å². The first kappa shape index (κ1) is 30.9. The molecule has 0 heterocycles. The molecule has 40 heavy (non-hydrogen) atoms. The highest BCUT2D eigenvalue weighted by molar-refractivity contribution is 7.92. The summed E-state index contributed by atoms with van der Waals surface area (Å²) in [5.41, 5.74) is 3.02. The van der Waals surface area contributed by atoms with Crippen LogP contribution in [0.1, 0.15) is 50.3 Å². The zero-order valence-corrected chi connectivity index (χ0v) is 24.9. The van der Waals surface area contributed by atoms with Crippen LogP contribution in [0, 0.1) is 6.92 Å². The number of sulfonamides is 1. The Labute approximate surface area is 239 Å². The van der Waals surface area contributed by atoms with Crippen molar-refractivity contribution in [3.63, 3.8) is 0 Å². The SMILES string of the molecule is Cc1cccc(CN(C(=O)CCCN(c2ccccc2)S(C)(=O)=O)C(Cc2ccccc2)C(=O)NC(C)(C)C)c1. The number of para-hydroxylation sites is 1. The maximum Gasteiger partial charge on any atom is 0.243 e. The molecule has 1 N–H and O–H groups in total. The molecule has 3 rings (SSSR count). The van der Waals surface area contributed by atoms with Gasteiger partial charge in [0, 0.05) is 31.5 Å². The minimum absolute atomic E-state index is 0.0960. The highest BCUT2D eigenvalue weighted by atomic mass is 32.2. The lowest BCUT2D eigenvalue weighted by atomic mass is 10.00. The summed E-state index contributed by atoms with van der Waals surface area (Å²) in [6, 6.07) is 25.7. The lowest BCUT2D eigenvalue weighted by Crippen LogP contribution is -2.54. The maximum atomic E-state index is 13.9. The summed E-state index contributed by atoms with van der Waals surface area (Å²) in [7, 11) is -3.54. The number of nitrogens with zero attached hydrogens (tertiary/aromatic N) is 2. The molecule has 0 aliphatic heterocycles. The number of rotatable bonds is 12. The van der Waals surface area contributed by atoms with Crippen molar-refractivity contribution < 1.29 is 18.0 Å². The van der Waals surface area contributed by atoms with E-state index in [0.29, 0.717) is 18.5 Å². The molecular weight excluding hydrogens is 522 g/mol. The molecule has 0 aromatic heterocycles. The maximum absolute atomic E-state index is 13.9. The fourth-order valence-corrected chi connectivity index (χ4v) is 5.58. The van der Waals surface area contributed by atoms with Crippen LogP contribution < -0.4 is 9.62 Å². The van der Waals surface area contributed by atoms with Crippen molar-refractivity contribution in [1.82, 2.24) is 10.2 Å². The molecule has 3 aromatic rings. The largest absolute Gasteiger partial charge is 0.350 e. The first-order valence-electron chi connectivity index (χ1n) is 13.6. The third kappa shape index (κ3) is 9.52. The lowest BCUT2D eigenvalue weighted by Gasteiger charge is -2.34. The number of benzene rings is 3. The molecule has 3 aromatic carbocycles. The number of hydrogen-bond acceptors (Lipinski definition) is 4. The van der Waals surface area contributed by atoms with Crippen LogP contribution in [0.5, 0.6) is 0 Å². The second-order valence-corrected chi connectivity index (χ2v) is 13.1. The molecule has 0 aliphatic carbocycles. The number of nitrogens with one attached hydrogen (secondary N) is 1. The van der Waals surface area contributed by atoms with Gasteiger partial charge in [-0.2, -0.15) is 0 Å². The Morgan fingerprint density at radius 3 is 2.05 bits per heavy atom. The lowest BCUT2D eigenvalue weighted by molar-refractivity contribution is -0.142. The Bertz CT molecular complexity index is 1370. The summed E-state index contributed by atoms with van der Waals surface area (Å²) in [4.78, 5) is 29.2. The summed E-state index contributed by atoms with van der Waals surface area (Å²) >= 11 is 0. The van der Waals surface area contributed by atoms with Crippen LogP contribution in [-0.4, -0.2) is 49.5 Å². The molecule has 0 bridgehead atoms. The topological polar surface area (TPSA) is 86.8 Å². The average molecular weight is 564 g/mol. The second kappa shape index (κ2) is 13.6. The molecule has 1 unspecified atom stereocenters. The van der Waals surface area contributed by atoms with E-state index in [9.17, 15) is 18.0 Å². The van der Waals surface area contributed by atoms with Gasteiger partial charge in [0.05, 0.1) is 11.9 Å². The highest BCUT2D eigenvalue weighted by Crippen LogP contribution is 2.20. The fourth-order valence-electron chi connectivity index (χ4n) is 4.61. The molecule has 8 heteroatoms. The van der Waals surface area contributed by atoms with Gasteiger partial charge in [-0.25, -0.2) is 8.42 Å². The van der Waals surface area contributed by atoms with Gasteiger partial charge in [-0.3, -0.25) is 13.9 Å². The molecule has 0 radical (unpaired) electrons. The number of carbonyl (C=O) groups excluding carboxylic acids is 2. The Morgan fingerprint density at radius 1 is 0.875 bits per heavy atom. The molecule has 7 nitrogen and oxygen atoms in total. The Hall–Kier alpha value is -3.65. The Balaban J connectivity index is 1.90. The van der Waals surface area contributed by atoms with Crippen molar-refractivity contribution in [2.75, 3.05) is 17.1 Å². The first-order valence-corrected chi connectivity index (χ1v) is 15.4. The fraction of sp³-hybridized carbons (Fsp3) is 0.375. The van der Waals surface area contributed by atoms with Crippen molar-refractivity contribution >= 4 is 27.5 Å². The normalized spacial score (nSPS) is 12.4. The quantitative estimate of drug-likeness (QED) is 0.332. The zero-order chi connectivity index (χ0) is 29.3. The predicted octanol–water partition coefficient (Wildman–Crippen LogP) is 5.10. The van der Waals surface area contributed by atoms with Gasteiger partial charge >= 0.3 is 0 Å². The van der Waals surface area contributed by atoms with E-state index in [1.807, 2.05) is 88.4 Å². The van der Waals surface area contributed by atoms with Gasteiger partial charge in [-0.05, 0) is 57.4 Å². The number of carbonyl (C=O) groups is 2. The van der Waals surface area contributed by atoms with Gasteiger partial charge in [0.1, 0.15) is 6.04 Å². The number of hydrogen-bond donors (Lipinski definition) is 1. The molecule has 0 saturated carbocycles. The summed E-state index contributed by atoms with van der Waals surface area (Å²) in [5.74, 6) is -0.424. The van der Waals surface area contributed by atoms with E-state index in [1.54, 1.807) is 29.2 Å². The van der Waals surface area contributed by atoms with E-state index in [0.717, 1.165) is 16.7 Å². The van der Waals surface area contributed by atoms with Gasteiger partial charge in [-0.15, -0.1) is 0 Å². The molecule has 0 aliphatic rings. The van der Waals surface area contributed by atoms with Crippen molar-refractivity contribution in [3.05, 3.63) is 102 Å². The van der Waals surface area contributed by atoms with E-state index < -0.39 is 21.6 Å². The minimum Gasteiger partial charge on any atom is -0.350 e. The van der Waals surface area contributed by atoms with Gasteiger partial charge in [0.2, 0.25) is 21.8 Å². The van der Waals surface area contributed by atoms with Crippen LogP contribution in [0.4, 0.5) is 5.69 Å². The van der Waals surface area contributed by atoms with Crippen LogP contribution in [0.15, 0.2) is 84.9 Å². The van der Waals surface area contributed by atoms with Gasteiger partial charge in [0.15, 0.2) is 0 Å². The van der Waals surface area contributed by atoms with E-state index >= 15 is 0 Å². The molecule has 214 valence electrons. The summed E-state index contributed by atoms with van der Waals surface area (Å²) in [6.45, 7) is 8.17. The van der Waals surface area contributed by atoms with E-state index in [4.69, 9.17) is 0 Å². The first-order chi connectivity index (χ1) is 18.8. The third-order valence-corrected chi connectivity index (χ3v) is 7.60.